The van der Waals surface area contributed by atoms with E-state index in [2.05, 4.69) is 18.2 Å². The van der Waals surface area contributed by atoms with E-state index in [0.29, 0.717) is 13.0 Å². The molecule has 15 heavy (non-hydrogen) atoms. The van der Waals surface area contributed by atoms with E-state index in [9.17, 15) is 5.11 Å². The van der Waals surface area contributed by atoms with Crippen molar-refractivity contribution < 1.29 is 9.84 Å². The number of rotatable bonds is 0. The lowest BCUT2D eigenvalue weighted by Gasteiger charge is -2.22. The molecule has 2 heteroatoms. The van der Waals surface area contributed by atoms with Crippen molar-refractivity contribution >= 4 is 10.8 Å². The molecule has 0 aromatic heterocycles. The number of benzene rings is 2. The number of ether oxygens (including phenoxy) is 1. The molecule has 0 saturated heterocycles. The van der Waals surface area contributed by atoms with E-state index in [-0.39, 0.29) is 6.10 Å². The molecule has 0 bridgehead atoms. The number of fused-ring (bicyclic) bond motifs is 3. The molecule has 2 nitrogen and oxygen atoms in total. The molecule has 1 N–H and O–H groups in total. The Labute approximate surface area is 88.1 Å². The quantitative estimate of drug-likeness (QED) is 0.706. The Morgan fingerprint density at radius 3 is 2.93 bits per heavy atom. The van der Waals surface area contributed by atoms with Gasteiger partial charge in [0.1, 0.15) is 12.4 Å². The Morgan fingerprint density at radius 1 is 1.13 bits per heavy atom. The van der Waals surface area contributed by atoms with Gasteiger partial charge in [0.25, 0.3) is 0 Å². The van der Waals surface area contributed by atoms with Crippen molar-refractivity contribution in [3.8, 4) is 5.75 Å². The van der Waals surface area contributed by atoms with Crippen LogP contribution in [0, 0.1) is 0 Å². The number of aliphatic hydroxyl groups excluding tert-OH is 1. The Hall–Kier alpha value is -1.54. The highest BCUT2D eigenvalue weighted by Gasteiger charge is 2.19. The van der Waals surface area contributed by atoms with Crippen LogP contribution in [0.15, 0.2) is 36.4 Å². The lowest BCUT2D eigenvalue weighted by atomic mass is 9.97. The predicted molar refractivity (Wildman–Crippen MR) is 59.2 cm³/mol. The number of aliphatic hydroxyl groups is 1. The van der Waals surface area contributed by atoms with Crippen LogP contribution >= 0.6 is 0 Å². The van der Waals surface area contributed by atoms with Gasteiger partial charge < -0.3 is 9.84 Å². The van der Waals surface area contributed by atoms with Gasteiger partial charge in [0.2, 0.25) is 0 Å². The Morgan fingerprint density at radius 2 is 2.00 bits per heavy atom. The lowest BCUT2D eigenvalue weighted by Crippen LogP contribution is -2.25. The molecule has 0 amide bonds. The second kappa shape index (κ2) is 3.24. The summed E-state index contributed by atoms with van der Waals surface area (Å²) < 4.78 is 5.49. The maximum absolute atomic E-state index is 9.59. The van der Waals surface area contributed by atoms with Crippen LogP contribution in [0.3, 0.4) is 0 Å². The van der Waals surface area contributed by atoms with Gasteiger partial charge in [0.05, 0.1) is 6.10 Å². The standard InChI is InChI=1S/C13H12O2/c14-10-7-12-11-4-2-1-3-9(11)5-6-13(12)15-8-10/h1-6,10,14H,7-8H2. The molecule has 0 fully saturated rings. The summed E-state index contributed by atoms with van der Waals surface area (Å²) in [5, 5.41) is 12.0. The third kappa shape index (κ3) is 1.38. The first-order chi connectivity index (χ1) is 7.34. The second-order valence-corrected chi connectivity index (χ2v) is 3.93. The minimum atomic E-state index is -0.372. The molecule has 1 aliphatic heterocycles. The fourth-order valence-corrected chi connectivity index (χ4v) is 2.14. The van der Waals surface area contributed by atoms with Gasteiger partial charge in [-0.25, -0.2) is 0 Å². The van der Waals surface area contributed by atoms with Gasteiger partial charge in [0.15, 0.2) is 0 Å². The van der Waals surface area contributed by atoms with E-state index in [1.165, 1.54) is 10.8 Å². The summed E-state index contributed by atoms with van der Waals surface area (Å²) in [5.41, 5.74) is 1.13. The van der Waals surface area contributed by atoms with Crippen molar-refractivity contribution in [2.45, 2.75) is 12.5 Å². The lowest BCUT2D eigenvalue weighted by molar-refractivity contribution is 0.0928. The van der Waals surface area contributed by atoms with E-state index in [1.54, 1.807) is 0 Å². The van der Waals surface area contributed by atoms with E-state index >= 15 is 0 Å². The fraction of sp³-hybridized carbons (Fsp3) is 0.231. The minimum Gasteiger partial charge on any atom is -0.491 e. The van der Waals surface area contributed by atoms with Gasteiger partial charge >= 0.3 is 0 Å². The molecule has 2 aromatic rings. The molecule has 0 radical (unpaired) electrons. The topological polar surface area (TPSA) is 29.5 Å². The molecule has 76 valence electrons. The van der Waals surface area contributed by atoms with Gasteiger partial charge in [0, 0.05) is 12.0 Å². The van der Waals surface area contributed by atoms with E-state index < -0.39 is 0 Å². The van der Waals surface area contributed by atoms with Crippen LogP contribution in [0.1, 0.15) is 5.56 Å². The van der Waals surface area contributed by atoms with Gasteiger partial charge in [-0.15, -0.1) is 0 Å². The molecule has 2 aromatic carbocycles. The van der Waals surface area contributed by atoms with Crippen molar-refractivity contribution in [2.75, 3.05) is 6.61 Å². The zero-order valence-electron chi connectivity index (χ0n) is 8.31. The molecule has 0 spiro atoms. The van der Waals surface area contributed by atoms with Gasteiger partial charge in [-0.05, 0) is 16.8 Å². The summed E-state index contributed by atoms with van der Waals surface area (Å²) in [6.45, 7) is 0.408. The second-order valence-electron chi connectivity index (χ2n) is 3.93. The maximum atomic E-state index is 9.59. The summed E-state index contributed by atoms with van der Waals surface area (Å²) in [7, 11) is 0. The van der Waals surface area contributed by atoms with Crippen molar-refractivity contribution in [1.29, 1.82) is 0 Å². The van der Waals surface area contributed by atoms with Crippen LogP contribution in [0.4, 0.5) is 0 Å². The zero-order valence-corrected chi connectivity index (χ0v) is 8.31. The van der Waals surface area contributed by atoms with Crippen LogP contribution in [0.5, 0.6) is 5.75 Å². The molecule has 0 saturated carbocycles. The Bertz CT molecular complexity index is 505. The van der Waals surface area contributed by atoms with Crippen molar-refractivity contribution in [3.05, 3.63) is 42.0 Å². The SMILES string of the molecule is OC1COc2ccc3ccccc3c2C1. The van der Waals surface area contributed by atoms with Gasteiger partial charge in [-0.1, -0.05) is 30.3 Å². The average Bonchev–Trinajstić information content (AvgIpc) is 2.29. The molecule has 1 aliphatic rings. The van der Waals surface area contributed by atoms with Crippen molar-refractivity contribution in [3.63, 3.8) is 0 Å². The van der Waals surface area contributed by atoms with E-state index in [0.717, 1.165) is 11.3 Å². The normalized spacial score (nSPS) is 19.7. The van der Waals surface area contributed by atoms with Gasteiger partial charge in [-0.3, -0.25) is 0 Å². The van der Waals surface area contributed by atoms with Crippen LogP contribution in [-0.2, 0) is 6.42 Å². The highest BCUT2D eigenvalue weighted by atomic mass is 16.5. The summed E-state index contributed by atoms with van der Waals surface area (Å²) >= 11 is 0. The first-order valence-electron chi connectivity index (χ1n) is 5.16. The Kier molecular flexibility index (Phi) is 1.89. The van der Waals surface area contributed by atoms with E-state index in [4.69, 9.17) is 4.74 Å². The third-order valence-electron chi connectivity index (χ3n) is 2.87. The van der Waals surface area contributed by atoms with Crippen LogP contribution in [0.2, 0.25) is 0 Å². The first-order valence-corrected chi connectivity index (χ1v) is 5.16. The Balaban J connectivity index is 2.28. The van der Waals surface area contributed by atoms with Crippen LogP contribution < -0.4 is 4.74 Å². The van der Waals surface area contributed by atoms with E-state index in [1.807, 2.05) is 18.2 Å². The molecular formula is C13H12O2. The molecule has 3 rings (SSSR count). The predicted octanol–water partition coefficient (Wildman–Crippen LogP) is 2.14. The smallest absolute Gasteiger partial charge is 0.123 e. The highest BCUT2D eigenvalue weighted by molar-refractivity contribution is 5.88. The van der Waals surface area contributed by atoms with Crippen LogP contribution in [0.25, 0.3) is 10.8 Å². The molecule has 0 aliphatic carbocycles. The number of hydrogen-bond acceptors (Lipinski definition) is 2. The van der Waals surface area contributed by atoms with Gasteiger partial charge in [-0.2, -0.15) is 0 Å². The molecule has 1 unspecified atom stereocenters. The summed E-state index contributed by atoms with van der Waals surface area (Å²) in [6, 6.07) is 12.3. The van der Waals surface area contributed by atoms with Crippen molar-refractivity contribution in [1.82, 2.24) is 0 Å². The maximum Gasteiger partial charge on any atom is 0.123 e. The third-order valence-corrected chi connectivity index (χ3v) is 2.87. The molecule has 1 atom stereocenters. The minimum absolute atomic E-state index is 0.372. The molecule has 1 heterocycles. The monoisotopic (exact) mass is 200 g/mol. The van der Waals surface area contributed by atoms with Crippen LogP contribution in [-0.4, -0.2) is 17.8 Å². The number of hydrogen-bond donors (Lipinski definition) is 1. The zero-order chi connectivity index (χ0) is 10.3. The summed E-state index contributed by atoms with van der Waals surface area (Å²) in [4.78, 5) is 0. The summed E-state index contributed by atoms with van der Waals surface area (Å²) in [5.74, 6) is 0.916. The largest absolute Gasteiger partial charge is 0.491 e. The van der Waals surface area contributed by atoms with Crippen molar-refractivity contribution in [2.24, 2.45) is 0 Å². The highest BCUT2D eigenvalue weighted by Crippen LogP contribution is 2.31. The molecular weight excluding hydrogens is 188 g/mol. The fourth-order valence-electron chi connectivity index (χ4n) is 2.14. The first kappa shape index (κ1) is 8.74. The average molecular weight is 200 g/mol. The summed E-state index contributed by atoms with van der Waals surface area (Å²) in [6.07, 6.45) is 0.319.